The number of hydrogen-bond donors (Lipinski definition) is 2. The van der Waals surface area contributed by atoms with E-state index >= 15 is 0 Å². The second-order valence-electron chi connectivity index (χ2n) is 4.67. The van der Waals surface area contributed by atoms with Crippen molar-refractivity contribution < 1.29 is 9.90 Å². The van der Waals surface area contributed by atoms with Gasteiger partial charge < -0.3 is 15.4 Å². The molecule has 1 atom stereocenters. The third kappa shape index (κ3) is 2.74. The molecule has 0 saturated carbocycles. The third-order valence-corrected chi connectivity index (χ3v) is 3.81. The monoisotopic (exact) mass is 280 g/mol. The van der Waals surface area contributed by atoms with Crippen molar-refractivity contribution in [3.05, 3.63) is 35.0 Å². The van der Waals surface area contributed by atoms with Gasteiger partial charge in [0, 0.05) is 36.0 Å². The number of nitrogens with zero attached hydrogens (tertiary/aromatic N) is 1. The number of hydrogen-bond acceptors (Lipinski definition) is 2. The molecule has 2 rings (SSSR count). The van der Waals surface area contributed by atoms with Gasteiger partial charge in [0.15, 0.2) is 0 Å². The van der Waals surface area contributed by atoms with Crippen LogP contribution in [0.4, 0.5) is 0 Å². The van der Waals surface area contributed by atoms with Crippen molar-refractivity contribution in [1.29, 1.82) is 0 Å². The zero-order valence-corrected chi connectivity index (χ0v) is 11.5. The topological polar surface area (TPSA) is 68.2 Å². The molecular weight excluding hydrogens is 264 g/mol. The van der Waals surface area contributed by atoms with E-state index in [0.717, 1.165) is 16.5 Å². The standard InChI is InChI=1S/C14H17ClN2O2/c1-17-11-7-3-2-5-9(11)13(14(17)15)10(16)6-4-8-12(18)19/h2-3,5,7,10H,4,6,8,16H2,1H3,(H,18,19)/t10-/m0/s1. The third-order valence-electron chi connectivity index (χ3n) is 3.35. The number of carboxylic acids is 1. The smallest absolute Gasteiger partial charge is 0.303 e. The molecule has 19 heavy (non-hydrogen) atoms. The lowest BCUT2D eigenvalue weighted by Gasteiger charge is -2.11. The summed E-state index contributed by atoms with van der Waals surface area (Å²) in [5, 5.41) is 10.3. The van der Waals surface area contributed by atoms with Crippen molar-refractivity contribution in [1.82, 2.24) is 4.57 Å². The maximum Gasteiger partial charge on any atom is 0.303 e. The molecule has 0 saturated heterocycles. The summed E-state index contributed by atoms with van der Waals surface area (Å²) in [5.41, 5.74) is 8.12. The molecule has 102 valence electrons. The Balaban J connectivity index is 2.29. The van der Waals surface area contributed by atoms with Gasteiger partial charge in [0.2, 0.25) is 0 Å². The van der Waals surface area contributed by atoms with E-state index in [4.69, 9.17) is 22.4 Å². The summed E-state index contributed by atoms with van der Waals surface area (Å²) in [7, 11) is 1.90. The van der Waals surface area contributed by atoms with Crippen molar-refractivity contribution in [3.63, 3.8) is 0 Å². The van der Waals surface area contributed by atoms with Crippen molar-refractivity contribution >= 4 is 28.5 Å². The Morgan fingerprint density at radius 1 is 1.47 bits per heavy atom. The normalized spacial score (nSPS) is 12.8. The first-order valence-electron chi connectivity index (χ1n) is 6.22. The van der Waals surface area contributed by atoms with Gasteiger partial charge in [-0.15, -0.1) is 0 Å². The van der Waals surface area contributed by atoms with Crippen LogP contribution in [0.2, 0.25) is 5.15 Å². The molecule has 0 bridgehead atoms. The van der Waals surface area contributed by atoms with Crippen LogP contribution in [0, 0.1) is 0 Å². The van der Waals surface area contributed by atoms with Gasteiger partial charge in [-0.2, -0.15) is 0 Å². The highest BCUT2D eigenvalue weighted by Crippen LogP contribution is 2.34. The first-order chi connectivity index (χ1) is 9.02. The number of aromatic nitrogens is 1. The van der Waals surface area contributed by atoms with Crippen LogP contribution in [0.5, 0.6) is 0 Å². The van der Waals surface area contributed by atoms with Crippen LogP contribution in [-0.2, 0) is 11.8 Å². The molecule has 2 aromatic rings. The summed E-state index contributed by atoms with van der Waals surface area (Å²) in [4.78, 5) is 10.5. The highest BCUT2D eigenvalue weighted by atomic mass is 35.5. The second kappa shape index (κ2) is 5.63. The molecular formula is C14H17ClN2O2. The lowest BCUT2D eigenvalue weighted by Crippen LogP contribution is -2.11. The van der Waals surface area contributed by atoms with Crippen LogP contribution in [0.1, 0.15) is 30.9 Å². The van der Waals surface area contributed by atoms with E-state index in [0.29, 0.717) is 18.0 Å². The Kier molecular flexibility index (Phi) is 4.12. The van der Waals surface area contributed by atoms with Crippen molar-refractivity contribution in [2.24, 2.45) is 12.8 Å². The Bertz CT molecular complexity index is 607. The van der Waals surface area contributed by atoms with E-state index in [1.165, 1.54) is 0 Å². The molecule has 1 aromatic heterocycles. The maximum absolute atomic E-state index is 10.5. The number of aryl methyl sites for hydroxylation is 1. The minimum atomic E-state index is -0.795. The highest BCUT2D eigenvalue weighted by molar-refractivity contribution is 6.32. The Morgan fingerprint density at radius 2 is 2.16 bits per heavy atom. The van der Waals surface area contributed by atoms with Gasteiger partial charge in [-0.3, -0.25) is 4.79 Å². The van der Waals surface area contributed by atoms with Gasteiger partial charge in [0.05, 0.1) is 0 Å². The summed E-state index contributed by atoms with van der Waals surface area (Å²) in [6.07, 6.45) is 1.30. The fourth-order valence-corrected chi connectivity index (χ4v) is 2.69. The average molecular weight is 281 g/mol. The van der Waals surface area contributed by atoms with Crippen molar-refractivity contribution in [3.8, 4) is 0 Å². The molecule has 0 aliphatic carbocycles. The second-order valence-corrected chi connectivity index (χ2v) is 5.03. The van der Waals surface area contributed by atoms with Crippen LogP contribution >= 0.6 is 11.6 Å². The number of para-hydroxylation sites is 1. The SMILES string of the molecule is Cn1c(Cl)c([C@@H](N)CCCC(=O)O)c2ccccc21. The number of fused-ring (bicyclic) bond motifs is 1. The number of halogens is 1. The molecule has 1 heterocycles. The van der Waals surface area contributed by atoms with E-state index in [1.807, 2.05) is 35.9 Å². The Labute approximate surface area is 116 Å². The first kappa shape index (κ1) is 13.9. The average Bonchev–Trinajstić information content (AvgIpc) is 2.62. The molecule has 5 heteroatoms. The van der Waals surface area contributed by atoms with E-state index in [2.05, 4.69) is 0 Å². The van der Waals surface area contributed by atoms with Crippen LogP contribution in [-0.4, -0.2) is 15.6 Å². The van der Waals surface area contributed by atoms with E-state index in [-0.39, 0.29) is 12.5 Å². The largest absolute Gasteiger partial charge is 0.481 e. The molecule has 4 nitrogen and oxygen atoms in total. The minimum absolute atomic E-state index is 0.135. The van der Waals surface area contributed by atoms with Gasteiger partial charge in [0.25, 0.3) is 0 Å². The summed E-state index contributed by atoms with van der Waals surface area (Å²) >= 11 is 6.34. The fraction of sp³-hybridized carbons (Fsp3) is 0.357. The number of rotatable bonds is 5. The van der Waals surface area contributed by atoms with Gasteiger partial charge in [-0.25, -0.2) is 0 Å². The van der Waals surface area contributed by atoms with Crippen LogP contribution < -0.4 is 5.73 Å². The van der Waals surface area contributed by atoms with Gasteiger partial charge >= 0.3 is 5.97 Å². The van der Waals surface area contributed by atoms with Gasteiger partial charge in [0.1, 0.15) is 5.15 Å². The minimum Gasteiger partial charge on any atom is -0.481 e. The van der Waals surface area contributed by atoms with Gasteiger partial charge in [-0.05, 0) is 18.9 Å². The molecule has 0 spiro atoms. The molecule has 1 aromatic carbocycles. The summed E-state index contributed by atoms with van der Waals surface area (Å²) in [5.74, 6) is -0.795. The zero-order valence-electron chi connectivity index (χ0n) is 10.8. The molecule has 0 amide bonds. The Morgan fingerprint density at radius 3 is 2.84 bits per heavy atom. The van der Waals surface area contributed by atoms with Gasteiger partial charge in [-0.1, -0.05) is 29.8 Å². The number of carbonyl (C=O) groups is 1. The summed E-state index contributed by atoms with van der Waals surface area (Å²) in [6.45, 7) is 0. The predicted molar refractivity (Wildman–Crippen MR) is 76.3 cm³/mol. The summed E-state index contributed by atoms with van der Waals surface area (Å²) < 4.78 is 1.91. The molecule has 0 aliphatic rings. The van der Waals surface area contributed by atoms with E-state index in [1.54, 1.807) is 0 Å². The van der Waals surface area contributed by atoms with Crippen LogP contribution in [0.3, 0.4) is 0 Å². The molecule has 0 aliphatic heterocycles. The number of benzene rings is 1. The summed E-state index contributed by atoms with van der Waals surface area (Å²) in [6, 6.07) is 7.66. The lowest BCUT2D eigenvalue weighted by molar-refractivity contribution is -0.137. The highest BCUT2D eigenvalue weighted by Gasteiger charge is 2.18. The van der Waals surface area contributed by atoms with Crippen molar-refractivity contribution in [2.75, 3.05) is 0 Å². The van der Waals surface area contributed by atoms with Crippen LogP contribution in [0.25, 0.3) is 10.9 Å². The number of carboxylic acid groups (broad SMARTS) is 1. The van der Waals surface area contributed by atoms with Crippen molar-refractivity contribution in [2.45, 2.75) is 25.3 Å². The maximum atomic E-state index is 10.5. The predicted octanol–water partition coefficient (Wildman–Crippen LogP) is 3.09. The molecule has 0 unspecified atom stereocenters. The van der Waals surface area contributed by atoms with E-state index in [9.17, 15) is 4.79 Å². The lowest BCUT2D eigenvalue weighted by atomic mass is 10.0. The molecule has 0 fully saturated rings. The zero-order chi connectivity index (χ0) is 14.0. The number of aliphatic carboxylic acids is 1. The first-order valence-corrected chi connectivity index (χ1v) is 6.60. The Hall–Kier alpha value is -1.52. The number of nitrogens with two attached hydrogens (primary N) is 1. The quantitative estimate of drug-likeness (QED) is 0.884. The van der Waals surface area contributed by atoms with Crippen LogP contribution in [0.15, 0.2) is 24.3 Å². The fourth-order valence-electron chi connectivity index (χ4n) is 2.36. The molecule has 0 radical (unpaired) electrons. The molecule has 3 N–H and O–H groups in total. The van der Waals surface area contributed by atoms with E-state index < -0.39 is 5.97 Å².